The monoisotopic (exact) mass is 345 g/mol. The Morgan fingerprint density at radius 2 is 1.92 bits per heavy atom. The minimum absolute atomic E-state index is 0.0378. The van der Waals surface area contributed by atoms with Gasteiger partial charge in [0.1, 0.15) is 12.4 Å². The van der Waals surface area contributed by atoms with Crippen LogP contribution in [0.5, 0.6) is 0 Å². The lowest BCUT2D eigenvalue weighted by Crippen LogP contribution is -2.39. The largest absolute Gasteiger partial charge is 0.466 e. The quantitative estimate of drug-likeness (QED) is 0.754. The third kappa shape index (κ3) is 3.09. The van der Waals surface area contributed by atoms with Gasteiger partial charge >= 0.3 is 11.9 Å². The summed E-state index contributed by atoms with van der Waals surface area (Å²) in [4.78, 5) is 25.9. The highest BCUT2D eigenvalue weighted by Gasteiger charge is 2.33. The van der Waals surface area contributed by atoms with Crippen LogP contribution >= 0.6 is 0 Å². The Morgan fingerprint density at radius 1 is 1.16 bits per heavy atom. The molecule has 1 aliphatic rings. The van der Waals surface area contributed by atoms with Gasteiger partial charge in [-0.05, 0) is 12.1 Å². The van der Waals surface area contributed by atoms with Crippen molar-refractivity contribution >= 4 is 17.6 Å². The van der Waals surface area contributed by atoms with Crippen molar-refractivity contribution in [2.24, 2.45) is 0 Å². The minimum atomic E-state index is -0.677. The molecule has 0 fully saturated rings. The van der Waals surface area contributed by atoms with Crippen molar-refractivity contribution in [2.75, 3.05) is 32.5 Å². The predicted octanol–water partition coefficient (Wildman–Crippen LogP) is 1.13. The van der Waals surface area contributed by atoms with E-state index in [9.17, 15) is 9.59 Å². The highest BCUT2D eigenvalue weighted by atomic mass is 16.5. The number of nitrogens with zero attached hydrogens (tertiary/aromatic N) is 3. The summed E-state index contributed by atoms with van der Waals surface area (Å²) in [6.07, 6.45) is 1.20. The van der Waals surface area contributed by atoms with Crippen LogP contribution in [0.4, 0.5) is 5.69 Å². The van der Waals surface area contributed by atoms with Crippen molar-refractivity contribution in [3.63, 3.8) is 0 Å². The molecule has 0 amide bonds. The lowest BCUT2D eigenvalue weighted by atomic mass is 10.1. The molecular formula is C16H15N3O6. The Bertz CT molecular complexity index is 815. The van der Waals surface area contributed by atoms with Crippen molar-refractivity contribution in [1.82, 2.24) is 10.2 Å². The second-order valence-corrected chi connectivity index (χ2v) is 4.98. The lowest BCUT2D eigenvalue weighted by molar-refractivity contribution is -0.140. The van der Waals surface area contributed by atoms with Crippen LogP contribution in [-0.4, -0.2) is 49.7 Å². The zero-order valence-corrected chi connectivity index (χ0v) is 13.6. The number of carbonyl (C=O) groups excluding carboxylic acids is 2. The zero-order valence-electron chi connectivity index (χ0n) is 13.6. The van der Waals surface area contributed by atoms with Gasteiger partial charge < -0.3 is 23.5 Å². The molecule has 0 N–H and O–H groups in total. The van der Waals surface area contributed by atoms with Gasteiger partial charge in [0, 0.05) is 0 Å². The van der Waals surface area contributed by atoms with Gasteiger partial charge in [-0.2, -0.15) is 0 Å². The van der Waals surface area contributed by atoms with Crippen molar-refractivity contribution in [1.29, 1.82) is 0 Å². The topological polar surface area (TPSA) is 104 Å². The summed E-state index contributed by atoms with van der Waals surface area (Å²) < 4.78 is 20.3. The first kappa shape index (κ1) is 16.7. The molecule has 0 unspecified atom stereocenters. The van der Waals surface area contributed by atoms with Gasteiger partial charge in [0.15, 0.2) is 0 Å². The van der Waals surface area contributed by atoms with Crippen molar-refractivity contribution in [3.05, 3.63) is 41.9 Å². The highest BCUT2D eigenvalue weighted by Crippen LogP contribution is 2.34. The summed E-state index contributed by atoms with van der Waals surface area (Å²) in [6, 6.07) is 7.06. The molecule has 0 bridgehead atoms. The highest BCUT2D eigenvalue weighted by molar-refractivity contribution is 6.04. The maximum Gasteiger partial charge on any atom is 0.355 e. The number of hydrogen-bond acceptors (Lipinski definition) is 9. The third-order valence-electron chi connectivity index (χ3n) is 3.62. The summed E-state index contributed by atoms with van der Waals surface area (Å²) in [5.41, 5.74) is 1.25. The maximum atomic E-state index is 12.3. The van der Waals surface area contributed by atoms with Gasteiger partial charge in [-0.15, -0.1) is 10.2 Å². The van der Waals surface area contributed by atoms with Crippen LogP contribution in [0.25, 0.3) is 11.5 Å². The molecular weight excluding hydrogens is 330 g/mol. The average Bonchev–Trinajstić information content (AvgIpc) is 3.20. The van der Waals surface area contributed by atoms with Crippen molar-refractivity contribution in [3.8, 4) is 11.5 Å². The number of rotatable bonds is 4. The molecule has 0 saturated carbocycles. The van der Waals surface area contributed by atoms with E-state index >= 15 is 0 Å². The van der Waals surface area contributed by atoms with Gasteiger partial charge in [0.2, 0.25) is 12.3 Å². The van der Waals surface area contributed by atoms with Crippen LogP contribution < -0.4 is 4.90 Å². The summed E-state index contributed by atoms with van der Waals surface area (Å²) >= 11 is 0. The summed E-state index contributed by atoms with van der Waals surface area (Å²) in [5.74, 6) is -1.07. The molecule has 0 aliphatic carbocycles. The molecule has 2 heterocycles. The number of methoxy groups -OCH3 is 2. The molecule has 0 saturated heterocycles. The van der Waals surface area contributed by atoms with Crippen LogP contribution in [0.3, 0.4) is 0 Å². The van der Waals surface area contributed by atoms with E-state index < -0.39 is 11.9 Å². The molecule has 0 radical (unpaired) electrons. The molecule has 0 spiro atoms. The Kier molecular flexibility index (Phi) is 4.75. The summed E-state index contributed by atoms with van der Waals surface area (Å²) in [7, 11) is 2.47. The third-order valence-corrected chi connectivity index (χ3v) is 3.62. The van der Waals surface area contributed by atoms with Crippen LogP contribution in [0.15, 0.2) is 46.3 Å². The molecule has 3 rings (SSSR count). The van der Waals surface area contributed by atoms with E-state index in [1.54, 1.807) is 24.3 Å². The van der Waals surface area contributed by atoms with Gasteiger partial charge in [-0.1, -0.05) is 12.1 Å². The zero-order chi connectivity index (χ0) is 17.8. The first-order valence-corrected chi connectivity index (χ1v) is 7.28. The molecule has 1 aromatic carbocycles. The lowest BCUT2D eigenvalue weighted by Gasteiger charge is -2.32. The normalized spacial score (nSPS) is 14.4. The van der Waals surface area contributed by atoms with Crippen LogP contribution in [0.2, 0.25) is 0 Å². The number of hydrogen-bond donors (Lipinski definition) is 0. The molecule has 1 aromatic heterocycles. The van der Waals surface area contributed by atoms with E-state index in [1.165, 1.54) is 25.5 Å². The Labute approximate surface area is 142 Å². The van der Waals surface area contributed by atoms with Crippen LogP contribution in [0.1, 0.15) is 0 Å². The standard InChI is InChI=1S/C16H15N3O6/c1-22-15(20)11-7-24-9-19(13(11)16(21)23-2)12-6-4-3-5-10(12)14-18-17-8-25-14/h3-6,8H,7,9H2,1-2H3. The molecule has 25 heavy (non-hydrogen) atoms. The molecule has 9 heteroatoms. The maximum absolute atomic E-state index is 12.3. The van der Waals surface area contributed by atoms with Gasteiger partial charge in [-0.25, -0.2) is 9.59 Å². The summed E-state index contributed by atoms with van der Waals surface area (Å²) in [6.45, 7) is -0.0214. The van der Waals surface area contributed by atoms with Gasteiger partial charge in [-0.3, -0.25) is 0 Å². The molecule has 9 nitrogen and oxygen atoms in total. The second kappa shape index (κ2) is 7.14. The SMILES string of the molecule is COC(=O)C1=C(C(=O)OC)N(c2ccccc2-c2nnco2)COC1. The minimum Gasteiger partial charge on any atom is -0.466 e. The van der Waals surface area contributed by atoms with Crippen LogP contribution in [0, 0.1) is 0 Å². The fraction of sp³-hybridized carbons (Fsp3) is 0.250. The fourth-order valence-corrected chi connectivity index (χ4v) is 2.51. The van der Waals surface area contributed by atoms with E-state index in [4.69, 9.17) is 18.6 Å². The average molecular weight is 345 g/mol. The summed E-state index contributed by atoms with van der Waals surface area (Å²) in [5, 5.41) is 7.56. The first-order chi connectivity index (χ1) is 12.2. The molecule has 130 valence electrons. The van der Waals surface area contributed by atoms with E-state index in [1.807, 2.05) is 0 Å². The molecule has 1 aliphatic heterocycles. The second-order valence-electron chi connectivity index (χ2n) is 4.98. The number of benzene rings is 1. The van der Waals surface area contributed by atoms with Crippen molar-refractivity contribution < 1.29 is 28.2 Å². The van der Waals surface area contributed by atoms with E-state index in [2.05, 4.69) is 10.2 Å². The molecule has 0 atom stereocenters. The van der Waals surface area contributed by atoms with E-state index in [-0.39, 0.29) is 30.5 Å². The van der Waals surface area contributed by atoms with E-state index in [0.717, 1.165) is 0 Å². The number of para-hydroxylation sites is 1. The number of ether oxygens (including phenoxy) is 3. The first-order valence-electron chi connectivity index (χ1n) is 7.28. The van der Waals surface area contributed by atoms with Crippen LogP contribution in [-0.2, 0) is 23.8 Å². The van der Waals surface area contributed by atoms with Crippen molar-refractivity contribution in [2.45, 2.75) is 0 Å². The predicted molar refractivity (Wildman–Crippen MR) is 84.1 cm³/mol. The number of aromatic nitrogens is 2. The fourth-order valence-electron chi connectivity index (χ4n) is 2.51. The number of esters is 2. The smallest absolute Gasteiger partial charge is 0.355 e. The van der Waals surface area contributed by atoms with E-state index in [0.29, 0.717) is 11.3 Å². The Balaban J connectivity index is 2.16. The number of anilines is 1. The molecule has 2 aromatic rings. The Morgan fingerprint density at radius 3 is 2.60 bits per heavy atom. The van der Waals surface area contributed by atoms with Gasteiger partial charge in [0.05, 0.1) is 37.7 Å². The Hall–Kier alpha value is -3.20. The number of carbonyl (C=O) groups is 2. The van der Waals surface area contributed by atoms with Gasteiger partial charge in [0.25, 0.3) is 0 Å².